The number of nitrogens with one attached hydrogen (secondary N) is 1. The van der Waals surface area contributed by atoms with E-state index in [1.807, 2.05) is 30.0 Å². The first-order chi connectivity index (χ1) is 15.9. The molecule has 0 atom stereocenters. The Morgan fingerprint density at radius 1 is 0.879 bits per heavy atom. The van der Waals surface area contributed by atoms with Crippen LogP contribution in [0, 0.1) is 12.8 Å². The number of phenols is 1. The summed E-state index contributed by atoms with van der Waals surface area (Å²) < 4.78 is 0. The fourth-order valence-electron chi connectivity index (χ4n) is 4.68. The average Bonchev–Trinajstić information content (AvgIpc) is 2.86. The van der Waals surface area contributed by atoms with Crippen LogP contribution in [-0.2, 0) is 4.79 Å². The second kappa shape index (κ2) is 10.1. The first-order valence-electron chi connectivity index (χ1n) is 11.7. The Morgan fingerprint density at radius 3 is 2.18 bits per heavy atom. The van der Waals surface area contributed by atoms with Crippen LogP contribution in [0.3, 0.4) is 0 Å². The van der Waals surface area contributed by atoms with Gasteiger partial charge in [0.25, 0.3) is 11.8 Å². The van der Waals surface area contributed by atoms with Gasteiger partial charge in [-0.3, -0.25) is 14.4 Å². The van der Waals surface area contributed by atoms with Crippen LogP contribution in [-0.4, -0.2) is 64.8 Å². The van der Waals surface area contributed by atoms with Crippen molar-refractivity contribution < 1.29 is 19.5 Å². The Morgan fingerprint density at radius 2 is 1.52 bits per heavy atom. The Kier molecular flexibility index (Phi) is 6.96. The van der Waals surface area contributed by atoms with E-state index in [1.165, 1.54) is 0 Å². The molecule has 7 heteroatoms. The van der Waals surface area contributed by atoms with Gasteiger partial charge in [0, 0.05) is 43.7 Å². The van der Waals surface area contributed by atoms with Crippen LogP contribution in [0.5, 0.6) is 5.75 Å². The molecule has 0 radical (unpaired) electrons. The van der Waals surface area contributed by atoms with Crippen molar-refractivity contribution in [1.29, 1.82) is 0 Å². The molecule has 0 saturated carbocycles. The van der Waals surface area contributed by atoms with E-state index >= 15 is 0 Å². The van der Waals surface area contributed by atoms with Crippen molar-refractivity contribution in [2.75, 3.05) is 26.2 Å². The number of aromatic hydroxyl groups is 1. The van der Waals surface area contributed by atoms with Gasteiger partial charge in [-0.05, 0) is 56.9 Å². The maximum absolute atomic E-state index is 13.0. The highest BCUT2D eigenvalue weighted by molar-refractivity contribution is 5.97. The third-order valence-corrected chi connectivity index (χ3v) is 6.69. The van der Waals surface area contributed by atoms with Gasteiger partial charge in [-0.25, -0.2) is 0 Å². The molecular formula is C26H31N3O4. The number of nitrogens with zero attached hydrogens (tertiary/aromatic N) is 2. The number of hydrogen-bond donors (Lipinski definition) is 2. The zero-order valence-corrected chi connectivity index (χ0v) is 19.0. The number of amides is 3. The number of carbonyl (C=O) groups is 3. The van der Waals surface area contributed by atoms with Gasteiger partial charge < -0.3 is 20.2 Å². The van der Waals surface area contributed by atoms with Gasteiger partial charge >= 0.3 is 0 Å². The quantitative estimate of drug-likeness (QED) is 0.751. The highest BCUT2D eigenvalue weighted by Crippen LogP contribution is 2.26. The minimum absolute atomic E-state index is 0.00831. The number of rotatable bonds is 4. The van der Waals surface area contributed by atoms with Crippen LogP contribution in [0.15, 0.2) is 48.5 Å². The van der Waals surface area contributed by atoms with Crippen LogP contribution >= 0.6 is 0 Å². The molecule has 2 aromatic rings. The summed E-state index contributed by atoms with van der Waals surface area (Å²) in [5.74, 6) is -0.205. The van der Waals surface area contributed by atoms with Crippen molar-refractivity contribution in [2.45, 2.75) is 38.6 Å². The van der Waals surface area contributed by atoms with Crippen molar-refractivity contribution in [1.82, 2.24) is 15.1 Å². The van der Waals surface area contributed by atoms with Gasteiger partial charge in [-0.15, -0.1) is 0 Å². The first-order valence-corrected chi connectivity index (χ1v) is 11.7. The molecule has 7 nitrogen and oxygen atoms in total. The third-order valence-electron chi connectivity index (χ3n) is 6.69. The van der Waals surface area contributed by atoms with E-state index < -0.39 is 0 Å². The van der Waals surface area contributed by atoms with Crippen LogP contribution in [0.4, 0.5) is 0 Å². The van der Waals surface area contributed by atoms with E-state index in [4.69, 9.17) is 0 Å². The summed E-state index contributed by atoms with van der Waals surface area (Å²) in [6.07, 6.45) is 2.74. The average molecular weight is 450 g/mol. The maximum Gasteiger partial charge on any atom is 0.257 e. The van der Waals surface area contributed by atoms with Gasteiger partial charge in [0.15, 0.2) is 0 Å². The Hall–Kier alpha value is -3.35. The molecule has 0 aromatic heterocycles. The Balaban J connectivity index is 1.24. The largest absolute Gasteiger partial charge is 0.507 e. The molecule has 0 aliphatic carbocycles. The summed E-state index contributed by atoms with van der Waals surface area (Å²) in [5, 5.41) is 13.1. The number of phenolic OH excluding ortho intramolecular Hbond substituents is 1. The zero-order valence-electron chi connectivity index (χ0n) is 19.0. The molecule has 2 aliphatic rings. The van der Waals surface area contributed by atoms with Crippen LogP contribution in [0.1, 0.15) is 52.0 Å². The number of benzene rings is 2. The predicted octanol–water partition coefficient (Wildman–Crippen LogP) is 2.97. The smallest absolute Gasteiger partial charge is 0.257 e. The fraction of sp³-hybridized carbons (Fsp3) is 0.423. The molecule has 0 spiro atoms. The Labute approximate surface area is 194 Å². The second-order valence-electron chi connectivity index (χ2n) is 9.03. The molecular weight excluding hydrogens is 418 g/mol. The van der Waals surface area contributed by atoms with Crippen LogP contribution in [0.25, 0.3) is 0 Å². The highest BCUT2D eigenvalue weighted by atomic mass is 16.3. The molecule has 0 unspecified atom stereocenters. The van der Waals surface area contributed by atoms with Crippen molar-refractivity contribution in [2.24, 2.45) is 5.92 Å². The minimum Gasteiger partial charge on any atom is -0.507 e. The van der Waals surface area contributed by atoms with Gasteiger partial charge in [0.2, 0.25) is 5.91 Å². The van der Waals surface area contributed by atoms with Crippen LogP contribution in [0.2, 0.25) is 0 Å². The number of hydrogen-bond acceptors (Lipinski definition) is 4. The SMILES string of the molecule is Cc1ccc(O)c(C(=O)N2CCC(C(=O)N3CCC(NC(=O)c4ccccc4)CC3)CC2)c1. The van der Waals surface area contributed by atoms with Crippen molar-refractivity contribution in [3.8, 4) is 5.75 Å². The lowest BCUT2D eigenvalue weighted by Crippen LogP contribution is -2.50. The molecule has 0 bridgehead atoms. The standard InChI is InChI=1S/C26H31N3O4/c1-18-7-8-23(30)22(17-18)26(33)29-13-9-20(10-14-29)25(32)28-15-11-21(12-16-28)27-24(31)19-5-3-2-4-6-19/h2-8,17,20-21,30H,9-16H2,1H3,(H,27,31). The molecule has 2 N–H and O–H groups in total. The van der Waals surface area contributed by atoms with E-state index in [-0.39, 0.29) is 35.4 Å². The van der Waals surface area contributed by atoms with Crippen LogP contribution < -0.4 is 5.32 Å². The first kappa shape index (κ1) is 22.8. The summed E-state index contributed by atoms with van der Waals surface area (Å²) in [7, 11) is 0. The number of carbonyl (C=O) groups excluding carboxylic acids is 3. The van der Waals surface area contributed by atoms with Crippen molar-refractivity contribution >= 4 is 17.7 Å². The molecule has 2 saturated heterocycles. The molecule has 2 aromatic carbocycles. The molecule has 33 heavy (non-hydrogen) atoms. The summed E-state index contributed by atoms with van der Waals surface area (Å²) in [5.41, 5.74) is 1.89. The topological polar surface area (TPSA) is 89.9 Å². The molecule has 3 amide bonds. The second-order valence-corrected chi connectivity index (χ2v) is 9.03. The Bertz CT molecular complexity index is 1010. The molecule has 4 rings (SSSR count). The third kappa shape index (κ3) is 5.35. The summed E-state index contributed by atoms with van der Waals surface area (Å²) >= 11 is 0. The predicted molar refractivity (Wildman–Crippen MR) is 125 cm³/mol. The lowest BCUT2D eigenvalue weighted by Gasteiger charge is -2.37. The van der Waals surface area contributed by atoms with Gasteiger partial charge in [0.1, 0.15) is 5.75 Å². The zero-order chi connectivity index (χ0) is 23.4. The van der Waals surface area contributed by atoms with E-state index in [9.17, 15) is 19.5 Å². The van der Waals surface area contributed by atoms with Gasteiger partial charge in [-0.2, -0.15) is 0 Å². The minimum atomic E-state index is -0.183. The lowest BCUT2D eigenvalue weighted by atomic mass is 9.93. The van der Waals surface area contributed by atoms with Crippen molar-refractivity contribution in [3.05, 3.63) is 65.2 Å². The lowest BCUT2D eigenvalue weighted by molar-refractivity contribution is -0.138. The number of likely N-dealkylation sites (tertiary alicyclic amines) is 2. The highest BCUT2D eigenvalue weighted by Gasteiger charge is 2.33. The summed E-state index contributed by atoms with van der Waals surface area (Å²) in [6, 6.07) is 14.3. The van der Waals surface area contributed by atoms with E-state index in [0.717, 1.165) is 18.4 Å². The molecule has 2 aliphatic heterocycles. The van der Waals surface area contributed by atoms with E-state index in [2.05, 4.69) is 5.32 Å². The molecule has 174 valence electrons. The van der Waals surface area contributed by atoms with Gasteiger partial charge in [0.05, 0.1) is 5.56 Å². The van der Waals surface area contributed by atoms with E-state index in [0.29, 0.717) is 50.1 Å². The summed E-state index contributed by atoms with van der Waals surface area (Å²) in [6.45, 7) is 4.17. The summed E-state index contributed by atoms with van der Waals surface area (Å²) in [4.78, 5) is 41.9. The monoisotopic (exact) mass is 449 g/mol. The maximum atomic E-state index is 13.0. The van der Waals surface area contributed by atoms with Gasteiger partial charge in [-0.1, -0.05) is 29.8 Å². The fourth-order valence-corrected chi connectivity index (χ4v) is 4.68. The van der Waals surface area contributed by atoms with E-state index in [1.54, 1.807) is 35.2 Å². The molecule has 2 fully saturated rings. The normalized spacial score (nSPS) is 17.6. The number of piperidine rings is 2. The molecule has 2 heterocycles. The number of aryl methyl sites for hydroxylation is 1. The van der Waals surface area contributed by atoms with Crippen molar-refractivity contribution in [3.63, 3.8) is 0 Å².